The van der Waals surface area contributed by atoms with Crippen molar-refractivity contribution in [2.75, 3.05) is 12.4 Å². The van der Waals surface area contributed by atoms with Crippen LogP contribution in [0.2, 0.25) is 10.0 Å². The summed E-state index contributed by atoms with van der Waals surface area (Å²) >= 11 is 13.8. The third kappa shape index (κ3) is 6.37. The number of halogens is 2. The van der Waals surface area contributed by atoms with Gasteiger partial charge >= 0.3 is 0 Å². The Hall–Kier alpha value is -3.29. The first-order valence-corrected chi connectivity index (χ1v) is 11.0. The van der Waals surface area contributed by atoms with Gasteiger partial charge < -0.3 is 21.0 Å². The molecule has 11 heteroatoms. The minimum atomic E-state index is -0.796. The lowest BCUT2D eigenvalue weighted by molar-refractivity contribution is -0.114. The number of aldehydes is 1. The Bertz CT molecular complexity index is 1230. The second-order valence-corrected chi connectivity index (χ2v) is 8.31. The molecule has 0 aliphatic rings. The van der Waals surface area contributed by atoms with Crippen molar-refractivity contribution < 1.29 is 9.90 Å². The monoisotopic (exact) mass is 502 g/mol. The molecule has 0 saturated carbocycles. The number of carbonyl (C=O) groups is 1. The number of hydrogen-bond donors (Lipinski definition) is 4. The minimum Gasteiger partial charge on any atom is -0.386 e. The Morgan fingerprint density at radius 1 is 1.39 bits per heavy atom. The molecular formula is C22H20Cl2N6O2S. The molecule has 1 unspecified atom stereocenters. The summed E-state index contributed by atoms with van der Waals surface area (Å²) in [6, 6.07) is 11.0. The van der Waals surface area contributed by atoms with Crippen LogP contribution in [0.3, 0.4) is 0 Å². The van der Waals surface area contributed by atoms with Crippen LogP contribution >= 0.6 is 34.5 Å². The number of carbonyl (C=O) groups excluding carboxylic acids is 1. The number of nitrogens with one attached hydrogen (secondary N) is 2. The number of aromatic nitrogens is 1. The molecule has 0 spiro atoms. The highest BCUT2D eigenvalue weighted by Crippen LogP contribution is 2.44. The van der Waals surface area contributed by atoms with Crippen molar-refractivity contribution in [2.24, 2.45) is 10.7 Å². The topological polar surface area (TPSA) is 148 Å². The lowest BCUT2D eigenvalue weighted by Crippen LogP contribution is -2.12. The van der Waals surface area contributed by atoms with Crippen LogP contribution in [-0.2, 0) is 4.79 Å². The molecule has 0 aliphatic carbocycles. The molecule has 1 aromatic carbocycles. The zero-order chi connectivity index (χ0) is 24.5. The molecule has 8 nitrogen and oxygen atoms in total. The van der Waals surface area contributed by atoms with Gasteiger partial charge in [0.15, 0.2) is 0 Å². The Kier molecular flexibility index (Phi) is 9.51. The van der Waals surface area contributed by atoms with Crippen molar-refractivity contribution in [2.45, 2.75) is 13.0 Å². The molecule has 5 N–H and O–H groups in total. The maximum Gasteiger partial charge on any atom is 0.148 e. The summed E-state index contributed by atoms with van der Waals surface area (Å²) in [5, 5.41) is 29.0. The quantitative estimate of drug-likeness (QED) is 0.220. The first kappa shape index (κ1) is 26.0. The minimum absolute atomic E-state index is 0.131. The van der Waals surface area contributed by atoms with Gasteiger partial charge in [0, 0.05) is 34.4 Å². The molecule has 33 heavy (non-hydrogen) atoms. The SMILES string of the molecule is CC(O)C=O.CNc1cc(-c2sc(C(N)=NC=N)c(-c3ccc(Cl)cc3Cl)c2C#N)ccn1. The summed E-state index contributed by atoms with van der Waals surface area (Å²) in [4.78, 5) is 18.6. The normalized spacial score (nSPS) is 11.6. The molecule has 170 valence electrons. The Balaban J connectivity index is 0.000000696. The molecule has 0 radical (unpaired) electrons. The van der Waals surface area contributed by atoms with E-state index in [1.165, 1.54) is 18.3 Å². The van der Waals surface area contributed by atoms with Gasteiger partial charge in [-0.2, -0.15) is 5.26 Å². The first-order chi connectivity index (χ1) is 15.8. The fourth-order valence-electron chi connectivity index (χ4n) is 2.71. The van der Waals surface area contributed by atoms with Crippen molar-refractivity contribution in [3.63, 3.8) is 0 Å². The highest BCUT2D eigenvalue weighted by molar-refractivity contribution is 7.18. The van der Waals surface area contributed by atoms with Gasteiger partial charge in [0.1, 0.15) is 36.5 Å². The molecule has 0 bridgehead atoms. The van der Waals surface area contributed by atoms with Crippen LogP contribution in [0, 0.1) is 16.7 Å². The number of aliphatic imine (C=N–C) groups is 1. The summed E-state index contributed by atoms with van der Waals surface area (Å²) < 4.78 is 0. The largest absolute Gasteiger partial charge is 0.386 e. The maximum atomic E-state index is 9.95. The number of hydrogen-bond acceptors (Lipinski definition) is 7. The maximum absolute atomic E-state index is 9.95. The smallest absolute Gasteiger partial charge is 0.148 e. The van der Waals surface area contributed by atoms with Gasteiger partial charge in [0.05, 0.1) is 15.3 Å². The van der Waals surface area contributed by atoms with E-state index in [0.29, 0.717) is 48.6 Å². The molecule has 0 fully saturated rings. The summed E-state index contributed by atoms with van der Waals surface area (Å²) in [7, 11) is 1.77. The van der Waals surface area contributed by atoms with E-state index in [4.69, 9.17) is 39.5 Å². The van der Waals surface area contributed by atoms with Gasteiger partial charge in [0.2, 0.25) is 0 Å². The van der Waals surface area contributed by atoms with E-state index < -0.39 is 6.10 Å². The van der Waals surface area contributed by atoms with Gasteiger partial charge in [-0.25, -0.2) is 9.98 Å². The molecule has 0 aliphatic heterocycles. The second kappa shape index (κ2) is 12.1. The van der Waals surface area contributed by atoms with Crippen molar-refractivity contribution in [3.05, 3.63) is 57.0 Å². The van der Waals surface area contributed by atoms with Crippen LogP contribution in [0.15, 0.2) is 41.5 Å². The number of aliphatic hydroxyl groups excluding tert-OH is 1. The fraction of sp³-hybridized carbons (Fsp3) is 0.136. The Morgan fingerprint density at radius 2 is 2.09 bits per heavy atom. The average molecular weight is 503 g/mol. The molecule has 2 aromatic heterocycles. The van der Waals surface area contributed by atoms with E-state index in [9.17, 15) is 10.1 Å². The van der Waals surface area contributed by atoms with Gasteiger partial charge in [0.25, 0.3) is 0 Å². The van der Waals surface area contributed by atoms with Crippen LogP contribution in [0.25, 0.3) is 21.6 Å². The van der Waals surface area contributed by atoms with Crippen LogP contribution in [0.4, 0.5) is 5.82 Å². The highest BCUT2D eigenvalue weighted by atomic mass is 35.5. The van der Waals surface area contributed by atoms with Crippen LogP contribution < -0.4 is 11.1 Å². The van der Waals surface area contributed by atoms with Crippen LogP contribution in [0.5, 0.6) is 0 Å². The van der Waals surface area contributed by atoms with Gasteiger partial charge in [-0.3, -0.25) is 5.41 Å². The molecule has 2 heterocycles. The number of thiophene rings is 1. The lowest BCUT2D eigenvalue weighted by atomic mass is 9.98. The molecule has 0 saturated heterocycles. The van der Waals surface area contributed by atoms with E-state index in [0.717, 1.165) is 11.9 Å². The van der Waals surface area contributed by atoms with E-state index >= 15 is 0 Å². The summed E-state index contributed by atoms with van der Waals surface area (Å²) in [6.07, 6.45) is 2.20. The number of amidine groups is 1. The average Bonchev–Trinajstić information content (AvgIpc) is 3.19. The van der Waals surface area contributed by atoms with E-state index in [2.05, 4.69) is 21.4 Å². The van der Waals surface area contributed by atoms with E-state index in [1.54, 1.807) is 31.4 Å². The summed E-state index contributed by atoms with van der Waals surface area (Å²) in [5.41, 5.74) is 8.51. The summed E-state index contributed by atoms with van der Waals surface area (Å²) in [5.74, 6) is 0.801. The van der Waals surface area contributed by atoms with E-state index in [-0.39, 0.29) is 5.84 Å². The lowest BCUT2D eigenvalue weighted by Gasteiger charge is -2.07. The molecule has 0 amide bonds. The number of nitrogens with two attached hydrogens (primary N) is 1. The number of anilines is 1. The van der Waals surface area contributed by atoms with E-state index in [1.807, 2.05) is 12.1 Å². The predicted octanol–water partition coefficient (Wildman–Crippen LogP) is 4.58. The van der Waals surface area contributed by atoms with Gasteiger partial charge in [-0.05, 0) is 36.8 Å². The van der Waals surface area contributed by atoms with Crippen molar-refractivity contribution in [1.82, 2.24) is 4.98 Å². The third-order valence-electron chi connectivity index (χ3n) is 4.13. The zero-order valence-electron chi connectivity index (χ0n) is 17.6. The fourth-order valence-corrected chi connectivity index (χ4v) is 4.38. The number of pyridine rings is 1. The Labute approximate surface area is 204 Å². The second-order valence-electron chi connectivity index (χ2n) is 6.45. The molecule has 1 atom stereocenters. The zero-order valence-corrected chi connectivity index (χ0v) is 20.0. The molecule has 3 rings (SSSR count). The first-order valence-electron chi connectivity index (χ1n) is 9.39. The predicted molar refractivity (Wildman–Crippen MR) is 135 cm³/mol. The van der Waals surface area contributed by atoms with Gasteiger partial charge in [-0.1, -0.05) is 29.3 Å². The Morgan fingerprint density at radius 3 is 2.64 bits per heavy atom. The number of nitriles is 1. The van der Waals surface area contributed by atoms with Crippen LogP contribution in [0.1, 0.15) is 17.4 Å². The third-order valence-corrected chi connectivity index (χ3v) is 5.94. The van der Waals surface area contributed by atoms with Crippen molar-refractivity contribution in [3.8, 4) is 27.6 Å². The standard InChI is InChI=1S/C19H14Cl2N6S.C3H6O2/c1-25-15-6-10(4-5-26-15)17-13(8-22)16(18(28-17)19(24)27-9-23)12-3-2-11(20)7-14(12)21;1-3(5)2-4/h2-7,9H,1H3,(H,25,26)(H3,23,24,27);2-3,5H,1H3. The number of rotatable bonds is 6. The molecule has 3 aromatic rings. The summed E-state index contributed by atoms with van der Waals surface area (Å²) in [6.45, 7) is 1.41. The van der Waals surface area contributed by atoms with Gasteiger partial charge in [-0.15, -0.1) is 11.3 Å². The number of benzene rings is 1. The van der Waals surface area contributed by atoms with Crippen molar-refractivity contribution in [1.29, 1.82) is 10.7 Å². The number of nitrogens with zero attached hydrogens (tertiary/aromatic N) is 3. The highest BCUT2D eigenvalue weighted by Gasteiger charge is 2.24. The number of aliphatic hydroxyl groups is 1. The molecular weight excluding hydrogens is 483 g/mol. The van der Waals surface area contributed by atoms with Crippen LogP contribution in [-0.4, -0.2) is 41.7 Å². The van der Waals surface area contributed by atoms with Crippen molar-refractivity contribution >= 4 is 58.8 Å².